The summed E-state index contributed by atoms with van der Waals surface area (Å²) >= 11 is 3.07. The quantitative estimate of drug-likeness (QED) is 0.530. The maximum absolute atomic E-state index is 11.0. The minimum Gasteiger partial charge on any atom is -0.332 e. The van der Waals surface area contributed by atoms with Crippen molar-refractivity contribution in [1.29, 1.82) is 0 Å². The number of aromatic nitrogens is 2. The molecule has 3 nitrogen and oxygen atoms in total. The average Bonchev–Trinajstić information content (AvgIpc) is 2.34. The summed E-state index contributed by atoms with van der Waals surface area (Å²) in [5.74, 6) is 0.504. The molecule has 54 valence electrons. The number of alkyl halides is 1. The zero-order valence-electron chi connectivity index (χ0n) is 5.54. The predicted molar refractivity (Wildman–Crippen MR) is 41.3 cm³/mol. The van der Waals surface area contributed by atoms with Gasteiger partial charge in [-0.1, -0.05) is 15.9 Å². The number of carbonyl (C=O) groups is 1. The first kappa shape index (κ1) is 7.47. The summed E-state index contributed by atoms with van der Waals surface area (Å²) in [5, 5.41) is 0.331. The standard InChI is InChI=1S/C6H7BrN2O/c1-9-3-2-8-6(9)5(10)4-7/h2-3H,4H2,1H3. The van der Waals surface area contributed by atoms with Gasteiger partial charge in [0, 0.05) is 19.4 Å². The van der Waals surface area contributed by atoms with Crippen LogP contribution in [-0.2, 0) is 7.05 Å². The number of carbonyl (C=O) groups excluding carboxylic acids is 1. The minimum atomic E-state index is 0.00694. The Morgan fingerprint density at radius 2 is 2.60 bits per heavy atom. The number of rotatable bonds is 2. The van der Waals surface area contributed by atoms with Gasteiger partial charge in [0.1, 0.15) is 0 Å². The first-order valence-electron chi connectivity index (χ1n) is 2.82. The Morgan fingerprint density at radius 1 is 1.90 bits per heavy atom. The largest absolute Gasteiger partial charge is 0.332 e. The molecule has 1 aromatic heterocycles. The molecule has 0 fully saturated rings. The van der Waals surface area contributed by atoms with Crippen molar-refractivity contribution in [3.8, 4) is 0 Å². The number of imidazole rings is 1. The van der Waals surface area contributed by atoms with Gasteiger partial charge in [0.2, 0.25) is 5.78 Å². The molecule has 0 atom stereocenters. The number of aryl methyl sites for hydroxylation is 1. The van der Waals surface area contributed by atoms with E-state index in [1.54, 1.807) is 24.0 Å². The van der Waals surface area contributed by atoms with Crippen molar-refractivity contribution in [2.24, 2.45) is 7.05 Å². The second-order valence-electron chi connectivity index (χ2n) is 1.92. The lowest BCUT2D eigenvalue weighted by atomic mass is 10.4. The molecule has 0 aliphatic heterocycles. The number of Topliss-reactive ketones (excluding diaryl/α,β-unsaturated/α-hetero) is 1. The van der Waals surface area contributed by atoms with E-state index in [1.165, 1.54) is 0 Å². The van der Waals surface area contributed by atoms with Crippen molar-refractivity contribution in [3.05, 3.63) is 18.2 Å². The molecular formula is C6H7BrN2O. The van der Waals surface area contributed by atoms with Gasteiger partial charge in [0.15, 0.2) is 5.82 Å². The highest BCUT2D eigenvalue weighted by Gasteiger charge is 2.07. The van der Waals surface area contributed by atoms with Gasteiger partial charge in [0.05, 0.1) is 5.33 Å². The summed E-state index contributed by atoms with van der Waals surface area (Å²) in [6.07, 6.45) is 3.35. The van der Waals surface area contributed by atoms with Crippen LogP contribution in [0.1, 0.15) is 10.6 Å². The van der Waals surface area contributed by atoms with E-state index in [2.05, 4.69) is 20.9 Å². The van der Waals surface area contributed by atoms with Crippen LogP contribution in [0.25, 0.3) is 0 Å². The van der Waals surface area contributed by atoms with Crippen molar-refractivity contribution in [3.63, 3.8) is 0 Å². The Labute approximate surface area is 67.2 Å². The van der Waals surface area contributed by atoms with Gasteiger partial charge in [-0.15, -0.1) is 0 Å². The molecule has 1 heterocycles. The van der Waals surface area contributed by atoms with Gasteiger partial charge >= 0.3 is 0 Å². The molecule has 0 aliphatic carbocycles. The highest BCUT2D eigenvalue weighted by Crippen LogP contribution is 1.97. The third kappa shape index (κ3) is 1.26. The molecule has 0 radical (unpaired) electrons. The molecule has 0 N–H and O–H groups in total. The molecule has 0 aliphatic rings. The van der Waals surface area contributed by atoms with Crippen molar-refractivity contribution in [2.45, 2.75) is 0 Å². The van der Waals surface area contributed by atoms with Crippen LogP contribution in [0.2, 0.25) is 0 Å². The summed E-state index contributed by atoms with van der Waals surface area (Å²) in [4.78, 5) is 14.8. The van der Waals surface area contributed by atoms with E-state index in [1.807, 2.05) is 0 Å². The average molecular weight is 203 g/mol. The van der Waals surface area contributed by atoms with Crippen LogP contribution < -0.4 is 0 Å². The monoisotopic (exact) mass is 202 g/mol. The fraction of sp³-hybridized carbons (Fsp3) is 0.333. The van der Waals surface area contributed by atoms with E-state index in [0.717, 1.165) is 0 Å². The van der Waals surface area contributed by atoms with Crippen LogP contribution in [0.3, 0.4) is 0 Å². The number of hydrogen-bond donors (Lipinski definition) is 0. The van der Waals surface area contributed by atoms with Crippen molar-refractivity contribution in [1.82, 2.24) is 9.55 Å². The lowest BCUT2D eigenvalue weighted by Gasteiger charge is -1.94. The van der Waals surface area contributed by atoms with Crippen LogP contribution in [-0.4, -0.2) is 20.7 Å². The Hall–Kier alpha value is -0.640. The summed E-state index contributed by atoms with van der Waals surface area (Å²) in [6, 6.07) is 0. The molecule has 0 unspecified atom stereocenters. The minimum absolute atomic E-state index is 0.00694. The number of ketones is 1. The normalized spacial score (nSPS) is 9.80. The lowest BCUT2D eigenvalue weighted by Crippen LogP contribution is -2.07. The van der Waals surface area contributed by atoms with Gasteiger partial charge in [0.25, 0.3) is 0 Å². The summed E-state index contributed by atoms with van der Waals surface area (Å²) < 4.78 is 1.70. The van der Waals surface area contributed by atoms with E-state index in [0.29, 0.717) is 11.2 Å². The van der Waals surface area contributed by atoms with Gasteiger partial charge in [-0.3, -0.25) is 4.79 Å². The fourth-order valence-corrected chi connectivity index (χ4v) is 0.945. The maximum atomic E-state index is 11.0. The fourth-order valence-electron chi connectivity index (χ4n) is 0.694. The number of halogens is 1. The van der Waals surface area contributed by atoms with E-state index >= 15 is 0 Å². The highest BCUT2D eigenvalue weighted by atomic mass is 79.9. The molecule has 0 bridgehead atoms. The summed E-state index contributed by atoms with van der Waals surface area (Å²) in [5.41, 5.74) is 0. The molecular weight excluding hydrogens is 196 g/mol. The second kappa shape index (κ2) is 2.96. The second-order valence-corrected chi connectivity index (χ2v) is 2.48. The van der Waals surface area contributed by atoms with E-state index < -0.39 is 0 Å². The van der Waals surface area contributed by atoms with E-state index in [4.69, 9.17) is 0 Å². The molecule has 0 aromatic carbocycles. The van der Waals surface area contributed by atoms with Crippen LogP contribution in [0.5, 0.6) is 0 Å². The zero-order chi connectivity index (χ0) is 7.56. The van der Waals surface area contributed by atoms with Gasteiger partial charge in [-0.25, -0.2) is 4.98 Å². The van der Waals surface area contributed by atoms with Gasteiger partial charge in [-0.05, 0) is 0 Å². The molecule has 1 aromatic rings. The Bertz CT molecular complexity index is 244. The Kier molecular flexibility index (Phi) is 2.21. The SMILES string of the molecule is Cn1ccnc1C(=O)CBr. The van der Waals surface area contributed by atoms with E-state index in [-0.39, 0.29) is 5.78 Å². The third-order valence-corrected chi connectivity index (χ3v) is 1.70. The third-order valence-electron chi connectivity index (χ3n) is 1.19. The van der Waals surface area contributed by atoms with Gasteiger partial charge < -0.3 is 4.57 Å². The molecule has 4 heteroatoms. The van der Waals surface area contributed by atoms with Crippen molar-refractivity contribution >= 4 is 21.7 Å². The molecule has 0 saturated heterocycles. The Morgan fingerprint density at radius 3 is 3.00 bits per heavy atom. The smallest absolute Gasteiger partial charge is 0.208 e. The van der Waals surface area contributed by atoms with Crippen LogP contribution in [0.15, 0.2) is 12.4 Å². The zero-order valence-corrected chi connectivity index (χ0v) is 7.13. The van der Waals surface area contributed by atoms with E-state index in [9.17, 15) is 4.79 Å². The summed E-state index contributed by atoms with van der Waals surface area (Å²) in [7, 11) is 1.79. The molecule has 0 amide bonds. The summed E-state index contributed by atoms with van der Waals surface area (Å²) in [6.45, 7) is 0. The molecule has 0 saturated carbocycles. The first-order valence-corrected chi connectivity index (χ1v) is 3.94. The number of nitrogens with zero attached hydrogens (tertiary/aromatic N) is 2. The molecule has 0 spiro atoms. The van der Waals surface area contributed by atoms with Crippen LogP contribution >= 0.6 is 15.9 Å². The van der Waals surface area contributed by atoms with Crippen molar-refractivity contribution < 1.29 is 4.79 Å². The Balaban J connectivity index is 2.93. The molecule has 10 heavy (non-hydrogen) atoms. The predicted octanol–water partition coefficient (Wildman–Crippen LogP) is 0.998. The highest BCUT2D eigenvalue weighted by molar-refractivity contribution is 9.09. The number of hydrogen-bond acceptors (Lipinski definition) is 2. The topological polar surface area (TPSA) is 34.9 Å². The van der Waals surface area contributed by atoms with Gasteiger partial charge in [-0.2, -0.15) is 0 Å². The first-order chi connectivity index (χ1) is 4.75. The molecule has 1 rings (SSSR count). The lowest BCUT2D eigenvalue weighted by molar-refractivity contribution is 0.101. The van der Waals surface area contributed by atoms with Crippen molar-refractivity contribution in [2.75, 3.05) is 5.33 Å². The van der Waals surface area contributed by atoms with Crippen LogP contribution in [0, 0.1) is 0 Å². The van der Waals surface area contributed by atoms with Crippen LogP contribution in [0.4, 0.5) is 0 Å². The maximum Gasteiger partial charge on any atom is 0.208 e.